The highest BCUT2D eigenvalue weighted by molar-refractivity contribution is 7.92. The van der Waals surface area contributed by atoms with Crippen LogP contribution in [0.25, 0.3) is 0 Å². The number of carbonyl (C=O) groups is 1. The molecule has 0 aliphatic heterocycles. The molecular formula is C15H14FNO5S. The van der Waals surface area contributed by atoms with Crippen LogP contribution in [0.15, 0.2) is 41.3 Å². The zero-order valence-electron chi connectivity index (χ0n) is 12.3. The van der Waals surface area contributed by atoms with E-state index in [9.17, 15) is 17.6 Å². The summed E-state index contributed by atoms with van der Waals surface area (Å²) in [6.45, 7) is 1.67. The van der Waals surface area contributed by atoms with Gasteiger partial charge in [0.1, 0.15) is 17.1 Å². The fraction of sp³-hybridized carbons (Fsp3) is 0.133. The molecule has 2 N–H and O–H groups in total. The highest BCUT2D eigenvalue weighted by Gasteiger charge is 2.20. The molecule has 0 saturated heterocycles. The van der Waals surface area contributed by atoms with E-state index in [1.165, 1.54) is 31.4 Å². The molecule has 122 valence electrons. The van der Waals surface area contributed by atoms with Gasteiger partial charge in [-0.15, -0.1) is 0 Å². The van der Waals surface area contributed by atoms with Crippen molar-refractivity contribution in [3.05, 3.63) is 53.3 Å². The minimum absolute atomic E-state index is 0.0259. The Hall–Kier alpha value is -2.61. The zero-order chi connectivity index (χ0) is 17.2. The number of rotatable bonds is 5. The third-order valence-corrected chi connectivity index (χ3v) is 4.44. The lowest BCUT2D eigenvalue weighted by Gasteiger charge is -2.11. The third-order valence-electron chi connectivity index (χ3n) is 3.08. The summed E-state index contributed by atoms with van der Waals surface area (Å²) in [5, 5.41) is 9.10. The molecule has 0 saturated carbocycles. The largest absolute Gasteiger partial charge is 0.496 e. The number of methoxy groups -OCH3 is 1. The molecule has 0 spiro atoms. The number of ether oxygens (including phenoxy) is 1. The molecule has 2 aromatic carbocycles. The first-order valence-corrected chi connectivity index (χ1v) is 7.93. The van der Waals surface area contributed by atoms with E-state index in [1.54, 1.807) is 13.0 Å². The van der Waals surface area contributed by atoms with E-state index in [0.29, 0.717) is 5.56 Å². The number of halogens is 1. The van der Waals surface area contributed by atoms with Gasteiger partial charge in [-0.1, -0.05) is 6.07 Å². The Kier molecular flexibility index (Phi) is 4.55. The van der Waals surface area contributed by atoms with E-state index in [0.717, 1.165) is 6.07 Å². The summed E-state index contributed by atoms with van der Waals surface area (Å²) in [6.07, 6.45) is 0. The van der Waals surface area contributed by atoms with Gasteiger partial charge in [-0.2, -0.15) is 0 Å². The maximum atomic E-state index is 13.8. The Balaban J connectivity index is 2.43. The molecule has 0 unspecified atom stereocenters. The topological polar surface area (TPSA) is 92.7 Å². The standard InChI is InChI=1S/C15H14FNO5S/c1-9-3-5-13(12(16)7-9)17-23(20,21)10-4-6-14(22-2)11(8-10)15(18)19/h3-8,17H,1-2H3,(H,18,19). The van der Waals surface area contributed by atoms with Crippen molar-refractivity contribution in [3.8, 4) is 5.75 Å². The predicted molar refractivity (Wildman–Crippen MR) is 81.9 cm³/mol. The number of carboxylic acid groups (broad SMARTS) is 1. The summed E-state index contributed by atoms with van der Waals surface area (Å²) in [5.74, 6) is -2.03. The van der Waals surface area contributed by atoms with Crippen molar-refractivity contribution in [2.75, 3.05) is 11.8 Å². The van der Waals surface area contributed by atoms with Crippen molar-refractivity contribution in [2.45, 2.75) is 11.8 Å². The highest BCUT2D eigenvalue weighted by atomic mass is 32.2. The second kappa shape index (κ2) is 6.25. The molecule has 0 atom stereocenters. The van der Waals surface area contributed by atoms with Gasteiger partial charge in [0.2, 0.25) is 0 Å². The van der Waals surface area contributed by atoms with E-state index in [1.807, 2.05) is 0 Å². The molecule has 2 aromatic rings. The van der Waals surface area contributed by atoms with Crippen molar-refractivity contribution in [3.63, 3.8) is 0 Å². The summed E-state index contributed by atoms with van der Waals surface area (Å²) in [7, 11) is -2.86. The van der Waals surface area contributed by atoms with Crippen LogP contribution in [-0.2, 0) is 10.0 Å². The van der Waals surface area contributed by atoms with Crippen LogP contribution in [0.2, 0.25) is 0 Å². The van der Waals surface area contributed by atoms with Gasteiger partial charge in [0.25, 0.3) is 10.0 Å². The smallest absolute Gasteiger partial charge is 0.339 e. The second-order valence-corrected chi connectivity index (χ2v) is 6.44. The first-order valence-electron chi connectivity index (χ1n) is 6.45. The van der Waals surface area contributed by atoms with Gasteiger partial charge in [0, 0.05) is 0 Å². The predicted octanol–water partition coefficient (Wildman–Crippen LogP) is 2.64. The first-order chi connectivity index (χ1) is 10.7. The maximum absolute atomic E-state index is 13.8. The number of aromatic carboxylic acids is 1. The molecule has 0 aliphatic rings. The fourth-order valence-corrected chi connectivity index (χ4v) is 3.02. The van der Waals surface area contributed by atoms with Crippen LogP contribution < -0.4 is 9.46 Å². The van der Waals surface area contributed by atoms with Crippen LogP contribution >= 0.6 is 0 Å². The molecule has 0 heterocycles. The van der Waals surface area contributed by atoms with Crippen LogP contribution in [0.3, 0.4) is 0 Å². The normalized spacial score (nSPS) is 11.1. The highest BCUT2D eigenvalue weighted by Crippen LogP contribution is 2.25. The van der Waals surface area contributed by atoms with E-state index >= 15 is 0 Å². The van der Waals surface area contributed by atoms with Crippen molar-refractivity contribution in [1.82, 2.24) is 0 Å². The Labute approximate surface area is 132 Å². The molecule has 0 radical (unpaired) electrons. The van der Waals surface area contributed by atoms with Crippen LogP contribution in [0.1, 0.15) is 15.9 Å². The number of benzene rings is 2. The number of hydrogen-bond donors (Lipinski definition) is 2. The Morgan fingerprint density at radius 3 is 2.48 bits per heavy atom. The average Bonchev–Trinajstić information content (AvgIpc) is 2.49. The van der Waals surface area contributed by atoms with Gasteiger partial charge < -0.3 is 9.84 Å². The Bertz CT molecular complexity index is 864. The van der Waals surface area contributed by atoms with Crippen LogP contribution in [0, 0.1) is 12.7 Å². The lowest BCUT2D eigenvalue weighted by Crippen LogP contribution is -2.15. The van der Waals surface area contributed by atoms with Crippen molar-refractivity contribution in [1.29, 1.82) is 0 Å². The number of nitrogens with one attached hydrogen (secondary N) is 1. The fourth-order valence-electron chi connectivity index (χ4n) is 1.93. The van der Waals surface area contributed by atoms with E-state index < -0.39 is 21.8 Å². The minimum atomic E-state index is -4.14. The van der Waals surface area contributed by atoms with Gasteiger partial charge >= 0.3 is 5.97 Å². The van der Waals surface area contributed by atoms with Crippen LogP contribution in [0.4, 0.5) is 10.1 Å². The average molecular weight is 339 g/mol. The summed E-state index contributed by atoms with van der Waals surface area (Å²) in [4.78, 5) is 10.8. The van der Waals surface area contributed by atoms with Gasteiger partial charge in [-0.25, -0.2) is 17.6 Å². The quantitative estimate of drug-likeness (QED) is 0.873. The number of aryl methyl sites for hydroxylation is 1. The first kappa shape index (κ1) is 16.8. The van der Waals surface area contributed by atoms with Gasteiger partial charge in [0.15, 0.2) is 0 Å². The van der Waals surface area contributed by atoms with E-state index in [4.69, 9.17) is 9.84 Å². The SMILES string of the molecule is COc1ccc(S(=O)(=O)Nc2ccc(C)cc2F)cc1C(=O)O. The van der Waals surface area contributed by atoms with Crippen LogP contribution in [-0.4, -0.2) is 26.6 Å². The molecule has 6 nitrogen and oxygen atoms in total. The molecule has 0 fully saturated rings. The van der Waals surface area contributed by atoms with Gasteiger partial charge in [-0.05, 0) is 42.8 Å². The molecule has 8 heteroatoms. The Morgan fingerprint density at radius 2 is 1.91 bits per heavy atom. The summed E-state index contributed by atoms with van der Waals surface area (Å²) < 4.78 is 45.4. The maximum Gasteiger partial charge on any atom is 0.339 e. The third kappa shape index (κ3) is 3.59. The van der Waals surface area contributed by atoms with Crippen LogP contribution in [0.5, 0.6) is 5.75 Å². The molecule has 0 amide bonds. The number of hydrogen-bond acceptors (Lipinski definition) is 4. The molecule has 0 bridgehead atoms. The molecule has 23 heavy (non-hydrogen) atoms. The molecule has 0 aliphatic carbocycles. The second-order valence-electron chi connectivity index (χ2n) is 4.76. The van der Waals surface area contributed by atoms with E-state index in [2.05, 4.69) is 4.72 Å². The lowest BCUT2D eigenvalue weighted by molar-refractivity contribution is 0.0693. The zero-order valence-corrected chi connectivity index (χ0v) is 13.1. The Morgan fingerprint density at radius 1 is 1.22 bits per heavy atom. The number of sulfonamides is 1. The van der Waals surface area contributed by atoms with E-state index in [-0.39, 0.29) is 21.9 Å². The monoisotopic (exact) mass is 339 g/mol. The number of carboxylic acids is 1. The van der Waals surface area contributed by atoms with Gasteiger partial charge in [-0.3, -0.25) is 4.72 Å². The van der Waals surface area contributed by atoms with Gasteiger partial charge in [0.05, 0.1) is 17.7 Å². The lowest BCUT2D eigenvalue weighted by atomic mass is 10.2. The molecule has 0 aromatic heterocycles. The molecule has 2 rings (SSSR count). The summed E-state index contributed by atoms with van der Waals surface area (Å²) in [5.41, 5.74) is 0.117. The number of anilines is 1. The van der Waals surface area contributed by atoms with Crippen molar-refractivity contribution < 1.29 is 27.4 Å². The van der Waals surface area contributed by atoms with Crippen molar-refractivity contribution >= 4 is 21.7 Å². The summed E-state index contributed by atoms with van der Waals surface area (Å²) in [6, 6.07) is 7.40. The molecular weight excluding hydrogens is 325 g/mol. The van der Waals surface area contributed by atoms with Crippen molar-refractivity contribution in [2.24, 2.45) is 0 Å². The summed E-state index contributed by atoms with van der Waals surface area (Å²) >= 11 is 0. The minimum Gasteiger partial charge on any atom is -0.496 e.